The summed E-state index contributed by atoms with van der Waals surface area (Å²) in [6.07, 6.45) is 8.80. The Morgan fingerprint density at radius 3 is 2.93 bits per heavy atom. The zero-order chi connectivity index (χ0) is 19.1. The molecule has 0 atom stereocenters. The predicted molar refractivity (Wildman–Crippen MR) is 104 cm³/mol. The number of hydrogen-bond donors (Lipinski definition) is 0. The Labute approximate surface area is 164 Å². The van der Waals surface area contributed by atoms with Crippen molar-refractivity contribution in [1.82, 2.24) is 29.5 Å². The second-order valence-electron chi connectivity index (χ2n) is 7.69. The van der Waals surface area contributed by atoms with Crippen LogP contribution in [-0.2, 0) is 24.1 Å². The van der Waals surface area contributed by atoms with E-state index >= 15 is 0 Å². The lowest BCUT2D eigenvalue weighted by atomic mass is 10.1. The zero-order valence-electron chi connectivity index (χ0n) is 16.4. The molecule has 0 amide bonds. The predicted octanol–water partition coefficient (Wildman–Crippen LogP) is 2.24. The number of anilines is 1. The van der Waals surface area contributed by atoms with Gasteiger partial charge in [0.2, 0.25) is 0 Å². The number of aromatic nitrogens is 6. The van der Waals surface area contributed by atoms with E-state index in [1.807, 2.05) is 17.6 Å². The van der Waals surface area contributed by atoms with Crippen LogP contribution in [0, 0.1) is 6.92 Å². The van der Waals surface area contributed by atoms with Crippen molar-refractivity contribution in [2.75, 3.05) is 25.2 Å². The highest BCUT2D eigenvalue weighted by Crippen LogP contribution is 2.38. The van der Waals surface area contributed by atoms with Crippen LogP contribution in [0.15, 0.2) is 12.5 Å². The molecule has 4 heterocycles. The van der Waals surface area contributed by atoms with Crippen LogP contribution in [-0.4, -0.2) is 49.8 Å². The Morgan fingerprint density at radius 2 is 2.11 bits per heavy atom. The fraction of sp³-hybridized carbons (Fsp3) is 0.550. The smallest absolute Gasteiger partial charge is 0.158 e. The van der Waals surface area contributed by atoms with Gasteiger partial charge in [-0.1, -0.05) is 0 Å². The molecule has 0 bridgehead atoms. The second kappa shape index (κ2) is 7.09. The molecule has 0 saturated heterocycles. The van der Waals surface area contributed by atoms with Crippen LogP contribution in [0.1, 0.15) is 53.8 Å². The van der Waals surface area contributed by atoms with E-state index < -0.39 is 0 Å². The average Bonchev–Trinajstić information content (AvgIpc) is 3.52. The maximum Gasteiger partial charge on any atom is 0.158 e. The van der Waals surface area contributed by atoms with Crippen molar-refractivity contribution in [3.63, 3.8) is 0 Å². The van der Waals surface area contributed by atoms with Gasteiger partial charge in [-0.3, -0.25) is 0 Å². The SMILES string of the molecule is COCCCc1nc(C)n2ncnc(N3CCc4nc(C5CC5)ncc4C3)c12. The number of aryl methyl sites for hydroxylation is 2. The second-order valence-corrected chi connectivity index (χ2v) is 7.69. The normalized spacial score (nSPS) is 16.6. The first-order valence-corrected chi connectivity index (χ1v) is 10.0. The average molecular weight is 379 g/mol. The summed E-state index contributed by atoms with van der Waals surface area (Å²) in [7, 11) is 1.73. The van der Waals surface area contributed by atoms with E-state index in [-0.39, 0.29) is 0 Å². The van der Waals surface area contributed by atoms with E-state index in [9.17, 15) is 0 Å². The number of ether oxygens (including phenoxy) is 1. The van der Waals surface area contributed by atoms with Gasteiger partial charge in [0.15, 0.2) is 5.82 Å². The van der Waals surface area contributed by atoms with Gasteiger partial charge in [0.25, 0.3) is 0 Å². The van der Waals surface area contributed by atoms with Gasteiger partial charge >= 0.3 is 0 Å². The van der Waals surface area contributed by atoms with Gasteiger partial charge in [-0.05, 0) is 32.6 Å². The summed E-state index contributed by atoms with van der Waals surface area (Å²) in [5, 5.41) is 4.43. The van der Waals surface area contributed by atoms with E-state index in [2.05, 4.69) is 20.0 Å². The van der Waals surface area contributed by atoms with Gasteiger partial charge in [0, 0.05) is 50.9 Å². The third-order valence-corrected chi connectivity index (χ3v) is 5.60. The standard InChI is InChI=1S/C20H25N7O/c1-13-24-17(4-3-9-28-2)18-20(22-12-23-27(13)18)26-8-7-16-15(11-26)10-21-19(25-16)14-5-6-14/h10,12,14H,3-9,11H2,1-2H3. The number of imidazole rings is 1. The van der Waals surface area contributed by atoms with Crippen molar-refractivity contribution in [2.24, 2.45) is 0 Å². The molecule has 0 N–H and O–H groups in total. The van der Waals surface area contributed by atoms with E-state index in [0.717, 1.165) is 67.6 Å². The van der Waals surface area contributed by atoms with Crippen molar-refractivity contribution in [3.05, 3.63) is 41.1 Å². The first-order valence-electron chi connectivity index (χ1n) is 10.0. The minimum Gasteiger partial charge on any atom is -0.385 e. The molecule has 1 aliphatic carbocycles. The van der Waals surface area contributed by atoms with E-state index in [4.69, 9.17) is 14.7 Å². The van der Waals surface area contributed by atoms with Gasteiger partial charge < -0.3 is 9.64 Å². The maximum atomic E-state index is 5.21. The van der Waals surface area contributed by atoms with Crippen LogP contribution in [0.25, 0.3) is 5.52 Å². The molecule has 28 heavy (non-hydrogen) atoms. The topological polar surface area (TPSA) is 81.3 Å². The summed E-state index contributed by atoms with van der Waals surface area (Å²) in [6, 6.07) is 0. The van der Waals surface area contributed by atoms with Gasteiger partial charge in [-0.25, -0.2) is 24.5 Å². The Bertz CT molecular complexity index is 1010. The van der Waals surface area contributed by atoms with Crippen molar-refractivity contribution in [1.29, 1.82) is 0 Å². The fourth-order valence-electron chi connectivity index (χ4n) is 3.98. The van der Waals surface area contributed by atoms with Crippen molar-refractivity contribution >= 4 is 11.3 Å². The molecule has 146 valence electrons. The van der Waals surface area contributed by atoms with Crippen LogP contribution < -0.4 is 4.90 Å². The van der Waals surface area contributed by atoms with E-state index in [0.29, 0.717) is 5.92 Å². The maximum absolute atomic E-state index is 5.21. The summed E-state index contributed by atoms with van der Waals surface area (Å²) >= 11 is 0. The summed E-state index contributed by atoms with van der Waals surface area (Å²) < 4.78 is 7.12. The number of hydrogen-bond acceptors (Lipinski definition) is 7. The molecule has 5 rings (SSSR count). The van der Waals surface area contributed by atoms with E-state index in [1.165, 1.54) is 24.1 Å². The molecule has 0 radical (unpaired) electrons. The van der Waals surface area contributed by atoms with E-state index in [1.54, 1.807) is 13.4 Å². The number of rotatable bonds is 6. The minimum absolute atomic E-state index is 0.592. The first-order chi connectivity index (χ1) is 13.7. The molecule has 1 aliphatic heterocycles. The minimum atomic E-state index is 0.592. The quantitative estimate of drug-likeness (QED) is 0.608. The molecular formula is C20H25N7O. The Hall–Kier alpha value is -2.61. The lowest BCUT2D eigenvalue weighted by Gasteiger charge is -2.29. The highest BCUT2D eigenvalue weighted by atomic mass is 16.5. The molecule has 1 saturated carbocycles. The molecule has 3 aromatic rings. The molecule has 1 fully saturated rings. The van der Waals surface area contributed by atoms with Gasteiger partial charge in [-0.2, -0.15) is 5.10 Å². The molecule has 0 spiro atoms. The Kier molecular flexibility index (Phi) is 4.43. The third-order valence-electron chi connectivity index (χ3n) is 5.60. The lowest BCUT2D eigenvalue weighted by Crippen LogP contribution is -2.32. The van der Waals surface area contributed by atoms with Crippen molar-refractivity contribution in [2.45, 2.75) is 51.5 Å². The van der Waals surface area contributed by atoms with Gasteiger partial charge in [0.1, 0.15) is 23.5 Å². The monoisotopic (exact) mass is 379 g/mol. The molecule has 3 aromatic heterocycles. The zero-order valence-corrected chi connectivity index (χ0v) is 16.4. The molecule has 8 heteroatoms. The van der Waals surface area contributed by atoms with Crippen molar-refractivity contribution in [3.8, 4) is 0 Å². The van der Waals surface area contributed by atoms with Gasteiger partial charge in [0.05, 0.1) is 11.4 Å². The summed E-state index contributed by atoms with van der Waals surface area (Å²) in [5.41, 5.74) is 4.44. The van der Waals surface area contributed by atoms with Gasteiger partial charge in [-0.15, -0.1) is 0 Å². The highest BCUT2D eigenvalue weighted by Gasteiger charge is 2.29. The van der Waals surface area contributed by atoms with Crippen LogP contribution in [0.3, 0.4) is 0 Å². The Morgan fingerprint density at radius 1 is 1.21 bits per heavy atom. The number of methoxy groups -OCH3 is 1. The number of nitrogens with zero attached hydrogens (tertiary/aromatic N) is 7. The molecule has 0 aromatic carbocycles. The molecule has 0 unspecified atom stereocenters. The fourth-order valence-corrected chi connectivity index (χ4v) is 3.98. The summed E-state index contributed by atoms with van der Waals surface area (Å²) in [4.78, 5) is 21.2. The van der Waals surface area contributed by atoms with Crippen LogP contribution >= 0.6 is 0 Å². The molecular weight excluding hydrogens is 354 g/mol. The van der Waals surface area contributed by atoms with Crippen molar-refractivity contribution < 1.29 is 4.74 Å². The third kappa shape index (κ3) is 3.11. The molecule has 2 aliphatic rings. The summed E-state index contributed by atoms with van der Waals surface area (Å²) in [5.74, 6) is 3.46. The number of fused-ring (bicyclic) bond motifs is 2. The largest absolute Gasteiger partial charge is 0.385 e. The lowest BCUT2D eigenvalue weighted by molar-refractivity contribution is 0.195. The Balaban J connectivity index is 1.47. The van der Waals surface area contributed by atoms with Crippen LogP contribution in [0.4, 0.5) is 5.82 Å². The summed E-state index contributed by atoms with van der Waals surface area (Å²) in [6.45, 7) is 4.37. The first kappa shape index (κ1) is 17.5. The van der Waals surface area contributed by atoms with Crippen LogP contribution in [0.5, 0.6) is 0 Å². The highest BCUT2D eigenvalue weighted by molar-refractivity contribution is 5.72. The van der Waals surface area contributed by atoms with Crippen LogP contribution in [0.2, 0.25) is 0 Å². The molecule has 8 nitrogen and oxygen atoms in total.